The van der Waals surface area contributed by atoms with E-state index in [-0.39, 0.29) is 0 Å². The fourth-order valence-corrected chi connectivity index (χ4v) is 2.45. The van der Waals surface area contributed by atoms with Crippen LogP contribution < -0.4 is 0 Å². The summed E-state index contributed by atoms with van der Waals surface area (Å²) < 4.78 is 0. The quantitative estimate of drug-likeness (QED) is 0.706. The van der Waals surface area contributed by atoms with Gasteiger partial charge in [-0.1, -0.05) is 25.7 Å². The molecule has 0 saturated heterocycles. The van der Waals surface area contributed by atoms with Crippen molar-refractivity contribution in [3.63, 3.8) is 0 Å². The minimum atomic E-state index is -0.604. The van der Waals surface area contributed by atoms with E-state index in [9.17, 15) is 9.90 Å². The van der Waals surface area contributed by atoms with Gasteiger partial charge in [-0.3, -0.25) is 4.79 Å². The SMILES string of the molecule is CN(C)CC1(C(=O)O)CCCCCC1. The maximum absolute atomic E-state index is 11.3. The summed E-state index contributed by atoms with van der Waals surface area (Å²) in [6, 6.07) is 0. The topological polar surface area (TPSA) is 40.5 Å². The summed E-state index contributed by atoms with van der Waals surface area (Å²) in [5.74, 6) is -0.604. The largest absolute Gasteiger partial charge is 0.481 e. The van der Waals surface area contributed by atoms with E-state index in [1.807, 2.05) is 19.0 Å². The van der Waals surface area contributed by atoms with E-state index in [1.165, 1.54) is 12.8 Å². The molecule has 1 aliphatic rings. The van der Waals surface area contributed by atoms with Gasteiger partial charge in [0.15, 0.2) is 0 Å². The molecule has 0 bridgehead atoms. The normalized spacial score (nSPS) is 21.9. The van der Waals surface area contributed by atoms with E-state index < -0.39 is 11.4 Å². The fraction of sp³-hybridized carbons (Fsp3) is 0.909. The van der Waals surface area contributed by atoms with Crippen LogP contribution in [0.5, 0.6) is 0 Å². The van der Waals surface area contributed by atoms with E-state index in [0.29, 0.717) is 6.54 Å². The molecule has 14 heavy (non-hydrogen) atoms. The van der Waals surface area contributed by atoms with Gasteiger partial charge in [-0.15, -0.1) is 0 Å². The predicted molar refractivity (Wildman–Crippen MR) is 56.3 cm³/mol. The molecule has 1 fully saturated rings. The first kappa shape index (κ1) is 11.5. The molecule has 0 unspecified atom stereocenters. The highest BCUT2D eigenvalue weighted by molar-refractivity contribution is 5.75. The summed E-state index contributed by atoms with van der Waals surface area (Å²) in [5.41, 5.74) is -0.472. The van der Waals surface area contributed by atoms with Crippen LogP contribution in [0.2, 0.25) is 0 Å². The summed E-state index contributed by atoms with van der Waals surface area (Å²) in [7, 11) is 3.91. The van der Waals surface area contributed by atoms with Gasteiger partial charge in [-0.05, 0) is 26.9 Å². The first-order valence-electron chi connectivity index (χ1n) is 5.45. The van der Waals surface area contributed by atoms with Crippen LogP contribution in [0.1, 0.15) is 38.5 Å². The second kappa shape index (κ2) is 4.78. The third-order valence-corrected chi connectivity index (χ3v) is 3.13. The zero-order valence-corrected chi connectivity index (χ0v) is 9.25. The lowest BCUT2D eigenvalue weighted by Crippen LogP contribution is -2.40. The first-order valence-corrected chi connectivity index (χ1v) is 5.45. The van der Waals surface area contributed by atoms with E-state index in [2.05, 4.69) is 0 Å². The summed E-state index contributed by atoms with van der Waals surface area (Å²) in [6.45, 7) is 0.683. The highest BCUT2D eigenvalue weighted by Gasteiger charge is 2.38. The van der Waals surface area contributed by atoms with Crippen molar-refractivity contribution in [1.29, 1.82) is 0 Å². The van der Waals surface area contributed by atoms with Crippen molar-refractivity contribution in [3.05, 3.63) is 0 Å². The van der Waals surface area contributed by atoms with Gasteiger partial charge in [0.05, 0.1) is 5.41 Å². The van der Waals surface area contributed by atoms with Gasteiger partial charge >= 0.3 is 5.97 Å². The smallest absolute Gasteiger partial charge is 0.310 e. The zero-order valence-electron chi connectivity index (χ0n) is 9.25. The minimum absolute atomic E-state index is 0.472. The molecule has 3 nitrogen and oxygen atoms in total. The molecule has 0 aliphatic heterocycles. The molecular formula is C11H21NO2. The Labute approximate surface area is 86.1 Å². The van der Waals surface area contributed by atoms with Crippen LogP contribution in [0.25, 0.3) is 0 Å². The average molecular weight is 199 g/mol. The van der Waals surface area contributed by atoms with Gasteiger partial charge in [-0.2, -0.15) is 0 Å². The van der Waals surface area contributed by atoms with Gasteiger partial charge in [0.2, 0.25) is 0 Å². The van der Waals surface area contributed by atoms with Crippen molar-refractivity contribution >= 4 is 5.97 Å². The third-order valence-electron chi connectivity index (χ3n) is 3.13. The summed E-state index contributed by atoms with van der Waals surface area (Å²) in [6.07, 6.45) is 6.23. The molecule has 0 spiro atoms. The molecule has 0 aromatic rings. The zero-order chi connectivity index (χ0) is 10.6. The highest BCUT2D eigenvalue weighted by Crippen LogP contribution is 2.35. The van der Waals surface area contributed by atoms with Crippen LogP contribution in [-0.4, -0.2) is 36.6 Å². The average Bonchev–Trinajstić information content (AvgIpc) is 2.29. The lowest BCUT2D eigenvalue weighted by atomic mass is 9.80. The number of carboxylic acid groups (broad SMARTS) is 1. The molecule has 1 rings (SSSR count). The van der Waals surface area contributed by atoms with Crippen LogP contribution in [0.3, 0.4) is 0 Å². The number of hydrogen-bond donors (Lipinski definition) is 1. The van der Waals surface area contributed by atoms with Crippen LogP contribution >= 0.6 is 0 Å². The number of carbonyl (C=O) groups is 1. The molecule has 0 heterocycles. The predicted octanol–water partition coefficient (Wildman–Crippen LogP) is 1.97. The standard InChI is InChI=1S/C11H21NO2/c1-12(2)9-11(10(13)14)7-5-3-4-6-8-11/h3-9H2,1-2H3,(H,13,14). The number of nitrogens with zero attached hydrogens (tertiary/aromatic N) is 1. The monoisotopic (exact) mass is 199 g/mol. The Morgan fingerprint density at radius 2 is 1.71 bits per heavy atom. The number of carboxylic acids is 1. The molecule has 82 valence electrons. The summed E-state index contributed by atoms with van der Waals surface area (Å²) >= 11 is 0. The van der Waals surface area contributed by atoms with Crippen molar-refractivity contribution in [2.24, 2.45) is 5.41 Å². The van der Waals surface area contributed by atoms with Crippen LogP contribution in [-0.2, 0) is 4.79 Å². The summed E-state index contributed by atoms with van der Waals surface area (Å²) in [5, 5.41) is 9.34. The van der Waals surface area contributed by atoms with Gasteiger partial charge in [0, 0.05) is 6.54 Å². The Balaban J connectivity index is 2.72. The van der Waals surface area contributed by atoms with Crippen molar-refractivity contribution in [2.45, 2.75) is 38.5 Å². The molecule has 0 amide bonds. The van der Waals surface area contributed by atoms with Crippen molar-refractivity contribution in [3.8, 4) is 0 Å². The summed E-state index contributed by atoms with van der Waals surface area (Å²) in [4.78, 5) is 13.3. The molecule has 0 atom stereocenters. The highest BCUT2D eigenvalue weighted by atomic mass is 16.4. The Kier molecular flexibility index (Phi) is 3.93. The van der Waals surface area contributed by atoms with Crippen LogP contribution in [0, 0.1) is 5.41 Å². The van der Waals surface area contributed by atoms with Gasteiger partial charge in [0.1, 0.15) is 0 Å². The maximum atomic E-state index is 11.3. The van der Waals surface area contributed by atoms with E-state index in [1.54, 1.807) is 0 Å². The Bertz CT molecular complexity index is 193. The second-order valence-electron chi connectivity index (χ2n) is 4.74. The van der Waals surface area contributed by atoms with Crippen LogP contribution in [0.4, 0.5) is 0 Å². The van der Waals surface area contributed by atoms with E-state index in [0.717, 1.165) is 25.7 Å². The lowest BCUT2D eigenvalue weighted by Gasteiger charge is -2.30. The minimum Gasteiger partial charge on any atom is -0.481 e. The van der Waals surface area contributed by atoms with Crippen molar-refractivity contribution < 1.29 is 9.90 Å². The third kappa shape index (κ3) is 2.71. The van der Waals surface area contributed by atoms with Gasteiger partial charge in [0.25, 0.3) is 0 Å². The van der Waals surface area contributed by atoms with E-state index >= 15 is 0 Å². The van der Waals surface area contributed by atoms with E-state index in [4.69, 9.17) is 0 Å². The molecule has 0 radical (unpaired) electrons. The van der Waals surface area contributed by atoms with Crippen LogP contribution in [0.15, 0.2) is 0 Å². The Morgan fingerprint density at radius 3 is 2.07 bits per heavy atom. The fourth-order valence-electron chi connectivity index (χ4n) is 2.45. The van der Waals surface area contributed by atoms with Crippen molar-refractivity contribution in [1.82, 2.24) is 4.90 Å². The number of rotatable bonds is 3. The molecular weight excluding hydrogens is 178 g/mol. The molecule has 1 aliphatic carbocycles. The Morgan fingerprint density at radius 1 is 1.21 bits per heavy atom. The first-order chi connectivity index (χ1) is 6.57. The molecule has 3 heteroatoms. The lowest BCUT2D eigenvalue weighted by molar-refractivity contribution is -0.150. The van der Waals surface area contributed by atoms with Gasteiger partial charge < -0.3 is 10.0 Å². The van der Waals surface area contributed by atoms with Gasteiger partial charge in [-0.25, -0.2) is 0 Å². The molecule has 1 N–H and O–H groups in total. The second-order valence-corrected chi connectivity index (χ2v) is 4.74. The Hall–Kier alpha value is -0.570. The maximum Gasteiger partial charge on any atom is 0.310 e. The number of aliphatic carboxylic acids is 1. The number of hydrogen-bond acceptors (Lipinski definition) is 2. The van der Waals surface area contributed by atoms with Crippen molar-refractivity contribution in [2.75, 3.05) is 20.6 Å². The molecule has 0 aromatic heterocycles. The molecule has 1 saturated carbocycles. The molecule has 0 aromatic carbocycles.